The molecule has 0 aliphatic heterocycles. The highest BCUT2D eigenvalue weighted by Crippen LogP contribution is 2.44. The monoisotopic (exact) mass is 752 g/mol. The van der Waals surface area contributed by atoms with E-state index in [0.29, 0.717) is 0 Å². The highest BCUT2D eigenvalue weighted by Gasteiger charge is 2.23. The molecule has 0 fully saturated rings. The van der Waals surface area contributed by atoms with Crippen molar-refractivity contribution in [3.05, 3.63) is 219 Å². The van der Waals surface area contributed by atoms with Gasteiger partial charge in [0, 0.05) is 61.3 Å². The van der Waals surface area contributed by atoms with E-state index in [1.807, 2.05) is 0 Å². The first-order valence-corrected chi connectivity index (χ1v) is 20.1. The minimum atomic E-state index is 0.928. The maximum atomic E-state index is 5.35. The van der Waals surface area contributed by atoms with E-state index in [4.69, 9.17) is 4.98 Å². The number of benzene rings is 8. The van der Waals surface area contributed by atoms with Crippen molar-refractivity contribution in [3.8, 4) is 50.7 Å². The summed E-state index contributed by atoms with van der Waals surface area (Å²) >= 11 is 0. The fourth-order valence-corrected chi connectivity index (χ4v) is 9.21. The molecule has 4 aromatic heterocycles. The molecule has 0 unspecified atom stereocenters. The van der Waals surface area contributed by atoms with E-state index in [9.17, 15) is 0 Å². The second kappa shape index (κ2) is 13.3. The Morgan fingerprint density at radius 3 is 1.58 bits per heavy atom. The molecule has 0 atom stereocenters. The van der Waals surface area contributed by atoms with Gasteiger partial charge in [0.05, 0.1) is 39.0 Å². The molecule has 0 bridgehead atoms. The molecule has 0 aliphatic carbocycles. The second-order valence-electron chi connectivity index (χ2n) is 15.2. The number of hydrogen-bond acceptors (Lipinski definition) is 1. The minimum Gasteiger partial charge on any atom is -0.316 e. The van der Waals surface area contributed by atoms with Gasteiger partial charge in [-0.3, -0.25) is 0 Å². The zero-order chi connectivity index (χ0) is 38.9. The molecule has 59 heavy (non-hydrogen) atoms. The normalized spacial score (nSPS) is 11.7. The van der Waals surface area contributed by atoms with Crippen LogP contribution < -0.4 is 0 Å². The van der Waals surface area contributed by atoms with E-state index in [2.05, 4.69) is 232 Å². The lowest BCUT2D eigenvalue weighted by molar-refractivity contribution is 1.13. The van der Waals surface area contributed by atoms with Crippen molar-refractivity contribution in [2.45, 2.75) is 0 Å². The van der Waals surface area contributed by atoms with E-state index in [-0.39, 0.29) is 0 Å². The van der Waals surface area contributed by atoms with E-state index in [1.165, 1.54) is 49.0 Å². The zero-order valence-corrected chi connectivity index (χ0v) is 32.1. The molecule has 12 aromatic rings. The first-order valence-electron chi connectivity index (χ1n) is 20.1. The topological polar surface area (TPSA) is 27.7 Å². The molecule has 4 nitrogen and oxygen atoms in total. The maximum absolute atomic E-state index is 5.35. The molecule has 4 heteroatoms. The van der Waals surface area contributed by atoms with Gasteiger partial charge in [-0.25, -0.2) is 4.98 Å². The van der Waals surface area contributed by atoms with Crippen molar-refractivity contribution in [1.82, 2.24) is 18.7 Å². The van der Waals surface area contributed by atoms with Crippen LogP contribution in [0.15, 0.2) is 219 Å². The summed E-state index contributed by atoms with van der Waals surface area (Å²) < 4.78 is 7.27. The third kappa shape index (κ3) is 5.27. The van der Waals surface area contributed by atoms with Crippen LogP contribution in [0.2, 0.25) is 0 Å². The molecule has 0 saturated heterocycles. The van der Waals surface area contributed by atoms with E-state index in [1.54, 1.807) is 0 Å². The summed E-state index contributed by atoms with van der Waals surface area (Å²) in [7, 11) is 0. The van der Waals surface area contributed by atoms with E-state index < -0.39 is 0 Å². The Morgan fingerprint density at radius 1 is 0.288 bits per heavy atom. The van der Waals surface area contributed by atoms with Crippen molar-refractivity contribution >= 4 is 54.5 Å². The number of aromatic nitrogens is 4. The van der Waals surface area contributed by atoms with Gasteiger partial charge >= 0.3 is 0 Å². The molecule has 0 spiro atoms. The van der Waals surface area contributed by atoms with Crippen molar-refractivity contribution in [2.75, 3.05) is 0 Å². The van der Waals surface area contributed by atoms with Gasteiger partial charge < -0.3 is 13.7 Å². The summed E-state index contributed by atoms with van der Waals surface area (Å²) in [5.41, 5.74) is 15.5. The number of rotatable bonds is 6. The van der Waals surface area contributed by atoms with Crippen LogP contribution in [0.3, 0.4) is 0 Å². The van der Waals surface area contributed by atoms with Crippen LogP contribution in [0.5, 0.6) is 0 Å². The fourth-order valence-electron chi connectivity index (χ4n) is 9.21. The number of pyridine rings is 1. The summed E-state index contributed by atoms with van der Waals surface area (Å²) in [6.07, 6.45) is 2.21. The van der Waals surface area contributed by atoms with Crippen molar-refractivity contribution in [1.29, 1.82) is 0 Å². The third-order valence-corrected chi connectivity index (χ3v) is 11.8. The molecule has 4 heterocycles. The van der Waals surface area contributed by atoms with Crippen LogP contribution in [0.25, 0.3) is 105 Å². The van der Waals surface area contributed by atoms with Gasteiger partial charge in [-0.05, 0) is 77.9 Å². The van der Waals surface area contributed by atoms with Gasteiger partial charge in [0.15, 0.2) is 0 Å². The van der Waals surface area contributed by atoms with Crippen LogP contribution in [0.1, 0.15) is 0 Å². The van der Waals surface area contributed by atoms with Crippen molar-refractivity contribution < 1.29 is 0 Å². The van der Waals surface area contributed by atoms with E-state index in [0.717, 1.165) is 56.2 Å². The number of nitrogens with zero attached hydrogens (tertiary/aromatic N) is 4. The number of hydrogen-bond donors (Lipinski definition) is 0. The van der Waals surface area contributed by atoms with Crippen LogP contribution in [-0.2, 0) is 0 Å². The zero-order valence-electron chi connectivity index (χ0n) is 32.1. The molecule has 0 aliphatic rings. The molecular weight excluding hydrogens is 717 g/mol. The van der Waals surface area contributed by atoms with Crippen LogP contribution in [0, 0.1) is 0 Å². The molecule has 0 radical (unpaired) electrons. The Hall–Kier alpha value is -7.95. The van der Waals surface area contributed by atoms with Crippen LogP contribution in [-0.4, -0.2) is 18.7 Å². The first-order chi connectivity index (χ1) is 29.3. The fraction of sp³-hybridized carbons (Fsp3) is 0. The Morgan fingerprint density at radius 2 is 0.831 bits per heavy atom. The summed E-state index contributed by atoms with van der Waals surface area (Å²) in [6.45, 7) is 0. The van der Waals surface area contributed by atoms with Gasteiger partial charge in [0.1, 0.15) is 0 Å². The Bertz CT molecular complexity index is 3460. The highest BCUT2D eigenvalue weighted by molar-refractivity contribution is 6.27. The molecule has 0 saturated carbocycles. The van der Waals surface area contributed by atoms with E-state index >= 15 is 0 Å². The molecule has 0 amide bonds. The summed E-state index contributed by atoms with van der Waals surface area (Å²) in [5, 5.41) is 6.07. The summed E-state index contributed by atoms with van der Waals surface area (Å²) in [5.74, 6) is 0. The van der Waals surface area contributed by atoms with Gasteiger partial charge in [0.2, 0.25) is 0 Å². The molecule has 8 aromatic carbocycles. The maximum Gasteiger partial charge on any atom is 0.0789 e. The Kier molecular flexibility index (Phi) is 7.50. The molecular formula is C55H36N4. The van der Waals surface area contributed by atoms with Gasteiger partial charge in [-0.1, -0.05) is 146 Å². The molecule has 276 valence electrons. The highest BCUT2D eigenvalue weighted by atomic mass is 15.1. The standard InChI is InChI=1S/C55H36N4/c1-5-16-37(17-6-1)40-35-49(38-18-7-2-8-19-38)56-50(36-40)39-20-15-25-43(34-39)59-53-46(30-31-51-48(53)32-33-57(51)41-21-9-3-10-22-41)47-29-28-45-44-26-13-14-27-52(44)58(54(45)55(47)59)42-23-11-4-12-24-42/h1-36H. The Balaban J connectivity index is 1.19. The first kappa shape index (κ1) is 33.2. The van der Waals surface area contributed by atoms with Gasteiger partial charge in [-0.15, -0.1) is 0 Å². The van der Waals surface area contributed by atoms with Gasteiger partial charge in [0.25, 0.3) is 0 Å². The Labute approximate surface area is 341 Å². The number of para-hydroxylation sites is 3. The second-order valence-corrected chi connectivity index (χ2v) is 15.2. The predicted octanol–water partition coefficient (Wildman–Crippen LogP) is 14.2. The van der Waals surface area contributed by atoms with Crippen LogP contribution >= 0.6 is 0 Å². The SMILES string of the molecule is c1ccc(-c2cc(-c3ccccc3)nc(-c3cccc(-n4c5c(ccc6c5ccn6-c5ccccc5)c5ccc6c7ccccc7n(-c7ccccc7)c6c54)c3)c2)cc1. The molecule has 12 rings (SSSR count). The van der Waals surface area contributed by atoms with Gasteiger partial charge in [-0.2, -0.15) is 0 Å². The quantitative estimate of drug-likeness (QED) is 0.166. The third-order valence-electron chi connectivity index (χ3n) is 11.8. The average Bonchev–Trinajstić information content (AvgIpc) is 4.01. The lowest BCUT2D eigenvalue weighted by atomic mass is 10.00. The number of fused-ring (bicyclic) bond motifs is 9. The molecule has 0 N–H and O–H groups in total. The lowest BCUT2D eigenvalue weighted by Crippen LogP contribution is -1.99. The average molecular weight is 753 g/mol. The van der Waals surface area contributed by atoms with Crippen LogP contribution in [0.4, 0.5) is 0 Å². The van der Waals surface area contributed by atoms with Crippen molar-refractivity contribution in [3.63, 3.8) is 0 Å². The lowest BCUT2D eigenvalue weighted by Gasteiger charge is -2.15. The predicted molar refractivity (Wildman–Crippen MR) is 246 cm³/mol. The summed E-state index contributed by atoms with van der Waals surface area (Å²) in [4.78, 5) is 5.35. The van der Waals surface area contributed by atoms with Crippen molar-refractivity contribution in [2.24, 2.45) is 0 Å². The summed E-state index contributed by atoms with van der Waals surface area (Å²) in [6, 6.07) is 76.2. The largest absolute Gasteiger partial charge is 0.316 e. The minimum absolute atomic E-state index is 0.928. The smallest absolute Gasteiger partial charge is 0.0789 e.